The summed E-state index contributed by atoms with van der Waals surface area (Å²) in [5.74, 6) is 0.0724. The van der Waals surface area contributed by atoms with E-state index < -0.39 is 5.60 Å². The molecule has 2 aromatic carbocycles. The topological polar surface area (TPSA) is 49.8 Å². The zero-order valence-electron chi connectivity index (χ0n) is 18.4. The number of fused-ring (bicyclic) bond motifs is 5. The molecule has 5 rings (SSSR count). The van der Waals surface area contributed by atoms with Gasteiger partial charge >= 0.3 is 6.09 Å². The molecule has 1 amide bonds. The quantitative estimate of drug-likeness (QED) is 0.657. The lowest BCUT2D eigenvalue weighted by molar-refractivity contribution is -0.0648. The molecule has 162 valence electrons. The molecule has 4 heteroatoms. The zero-order chi connectivity index (χ0) is 21.6. The van der Waals surface area contributed by atoms with Gasteiger partial charge in [0.2, 0.25) is 0 Å². The first-order chi connectivity index (χ1) is 15.0. The number of aliphatic hydroxyl groups is 1. The number of nitrogens with zero attached hydrogens (tertiary/aromatic N) is 1. The van der Waals surface area contributed by atoms with Crippen LogP contribution < -0.4 is 0 Å². The Hall–Kier alpha value is -2.59. The highest BCUT2D eigenvalue weighted by Crippen LogP contribution is 2.45. The van der Waals surface area contributed by atoms with E-state index in [2.05, 4.69) is 48.5 Å². The van der Waals surface area contributed by atoms with E-state index in [9.17, 15) is 9.90 Å². The van der Waals surface area contributed by atoms with E-state index >= 15 is 0 Å². The summed E-state index contributed by atoms with van der Waals surface area (Å²) < 4.78 is 5.96. The second-order valence-electron chi connectivity index (χ2n) is 9.36. The van der Waals surface area contributed by atoms with Crippen molar-refractivity contribution in [1.29, 1.82) is 0 Å². The van der Waals surface area contributed by atoms with Crippen LogP contribution in [0.4, 0.5) is 4.79 Å². The predicted molar refractivity (Wildman–Crippen MR) is 122 cm³/mol. The first-order valence-electron chi connectivity index (χ1n) is 11.5. The van der Waals surface area contributed by atoms with Crippen LogP contribution in [0.2, 0.25) is 0 Å². The van der Waals surface area contributed by atoms with Gasteiger partial charge in [-0.2, -0.15) is 0 Å². The molecule has 1 N–H and O–H groups in total. The average Bonchev–Trinajstić information content (AvgIpc) is 3.10. The van der Waals surface area contributed by atoms with Crippen LogP contribution in [0, 0.1) is 0 Å². The SMILES string of the molecule is CC=C(C)C1(O)CC2CCCC(C1)N2C(=O)OCC1c2ccccc2-c2ccccc21. The summed E-state index contributed by atoms with van der Waals surface area (Å²) in [7, 11) is 0. The molecule has 0 radical (unpaired) electrons. The average molecular weight is 418 g/mol. The van der Waals surface area contributed by atoms with Crippen LogP contribution in [-0.2, 0) is 4.74 Å². The molecule has 2 aromatic rings. The Morgan fingerprint density at radius 2 is 1.61 bits per heavy atom. The fourth-order valence-electron chi connectivity index (χ4n) is 5.99. The lowest BCUT2D eigenvalue weighted by Crippen LogP contribution is -2.60. The van der Waals surface area contributed by atoms with Crippen molar-refractivity contribution in [1.82, 2.24) is 4.90 Å². The molecule has 2 heterocycles. The summed E-state index contributed by atoms with van der Waals surface area (Å²) in [6.45, 7) is 4.32. The summed E-state index contributed by atoms with van der Waals surface area (Å²) >= 11 is 0. The maximum Gasteiger partial charge on any atom is 0.410 e. The Balaban J connectivity index is 1.34. The zero-order valence-corrected chi connectivity index (χ0v) is 18.4. The Morgan fingerprint density at radius 3 is 2.16 bits per heavy atom. The van der Waals surface area contributed by atoms with Gasteiger partial charge in [-0.3, -0.25) is 0 Å². The number of carbonyl (C=O) groups excluding carboxylic acids is 1. The number of rotatable bonds is 3. The molecule has 31 heavy (non-hydrogen) atoms. The standard InChI is InChI=1S/C27H31NO3/c1-3-18(2)27(30)15-19-9-8-10-20(16-27)28(19)26(29)31-17-25-23-13-6-4-11-21(23)22-12-5-7-14-24(22)25/h3-7,11-14,19-20,25,30H,8-10,15-17H2,1-2H3. The van der Waals surface area contributed by atoms with Gasteiger partial charge in [-0.1, -0.05) is 54.6 Å². The minimum atomic E-state index is -0.801. The predicted octanol–water partition coefficient (Wildman–Crippen LogP) is 5.65. The third-order valence-electron chi connectivity index (χ3n) is 7.72. The van der Waals surface area contributed by atoms with E-state index in [1.54, 1.807) is 0 Å². The van der Waals surface area contributed by atoms with E-state index in [0.717, 1.165) is 24.8 Å². The molecule has 0 aromatic heterocycles. The van der Waals surface area contributed by atoms with E-state index in [1.165, 1.54) is 22.3 Å². The van der Waals surface area contributed by atoms with Crippen molar-refractivity contribution < 1.29 is 14.6 Å². The molecule has 2 atom stereocenters. The summed E-state index contributed by atoms with van der Waals surface area (Å²) in [4.78, 5) is 15.2. The molecule has 2 bridgehead atoms. The Kier molecular flexibility index (Phi) is 5.13. The van der Waals surface area contributed by atoms with Crippen molar-refractivity contribution in [2.24, 2.45) is 0 Å². The van der Waals surface area contributed by atoms with Gasteiger partial charge in [0.05, 0.1) is 5.60 Å². The first-order valence-corrected chi connectivity index (χ1v) is 11.5. The second kappa shape index (κ2) is 7.83. The van der Waals surface area contributed by atoms with E-state index in [4.69, 9.17) is 4.74 Å². The molecule has 3 aliphatic rings. The third-order valence-corrected chi connectivity index (χ3v) is 7.72. The lowest BCUT2D eigenvalue weighted by atomic mass is 9.72. The Labute approximate surface area is 184 Å². The van der Waals surface area contributed by atoms with Gasteiger partial charge in [-0.15, -0.1) is 0 Å². The Morgan fingerprint density at radius 1 is 1.06 bits per heavy atom. The van der Waals surface area contributed by atoms with Crippen molar-refractivity contribution >= 4 is 6.09 Å². The van der Waals surface area contributed by atoms with E-state index in [1.807, 2.05) is 24.8 Å². The van der Waals surface area contributed by atoms with Crippen molar-refractivity contribution in [3.05, 3.63) is 71.3 Å². The number of piperidine rings is 2. The Bertz CT molecular complexity index is 967. The number of hydrogen-bond donors (Lipinski definition) is 1. The van der Waals surface area contributed by atoms with E-state index in [-0.39, 0.29) is 24.1 Å². The number of amides is 1. The maximum atomic E-state index is 13.3. The molecule has 2 fully saturated rings. The highest BCUT2D eigenvalue weighted by atomic mass is 16.6. The van der Waals surface area contributed by atoms with Crippen LogP contribution in [0.25, 0.3) is 11.1 Å². The van der Waals surface area contributed by atoms with E-state index in [0.29, 0.717) is 19.4 Å². The maximum absolute atomic E-state index is 13.3. The molecule has 2 saturated heterocycles. The van der Waals surface area contributed by atoms with Gasteiger partial charge < -0.3 is 14.7 Å². The molecule has 1 aliphatic carbocycles. The summed E-state index contributed by atoms with van der Waals surface area (Å²) in [5.41, 5.74) is 5.14. The van der Waals surface area contributed by atoms with Gasteiger partial charge in [-0.05, 0) is 60.9 Å². The summed E-state index contributed by atoms with van der Waals surface area (Å²) in [6, 6.07) is 16.9. The van der Waals surface area contributed by atoms with Gasteiger partial charge in [0.25, 0.3) is 0 Å². The number of carbonyl (C=O) groups is 1. The number of ether oxygens (including phenoxy) is 1. The normalized spacial score (nSPS) is 27.6. The molecule has 2 unspecified atom stereocenters. The molecule has 4 nitrogen and oxygen atoms in total. The van der Waals surface area contributed by atoms with Gasteiger partial charge in [-0.25, -0.2) is 4.79 Å². The first kappa shape index (κ1) is 20.3. The number of allylic oxidation sites excluding steroid dienone is 1. The summed E-state index contributed by atoms with van der Waals surface area (Å²) in [5, 5.41) is 11.2. The van der Waals surface area contributed by atoms with Crippen LogP contribution in [0.15, 0.2) is 60.2 Å². The minimum Gasteiger partial charge on any atom is -0.448 e. The number of hydrogen-bond acceptors (Lipinski definition) is 3. The second-order valence-corrected chi connectivity index (χ2v) is 9.36. The van der Waals surface area contributed by atoms with Crippen LogP contribution in [0.3, 0.4) is 0 Å². The molecular formula is C27H31NO3. The minimum absolute atomic E-state index is 0.0445. The van der Waals surface area contributed by atoms with Gasteiger partial charge in [0, 0.05) is 30.8 Å². The van der Waals surface area contributed by atoms with Crippen LogP contribution in [0.5, 0.6) is 0 Å². The molecular weight excluding hydrogens is 386 g/mol. The number of benzene rings is 2. The highest BCUT2D eigenvalue weighted by molar-refractivity contribution is 5.79. The lowest BCUT2D eigenvalue weighted by Gasteiger charge is -2.51. The fraction of sp³-hybridized carbons (Fsp3) is 0.444. The van der Waals surface area contributed by atoms with Crippen LogP contribution in [0.1, 0.15) is 63.0 Å². The molecule has 0 spiro atoms. The smallest absolute Gasteiger partial charge is 0.410 e. The third kappa shape index (κ3) is 3.38. The monoisotopic (exact) mass is 417 g/mol. The molecule has 0 saturated carbocycles. The van der Waals surface area contributed by atoms with Crippen LogP contribution in [-0.4, -0.2) is 40.4 Å². The largest absolute Gasteiger partial charge is 0.448 e. The van der Waals surface area contributed by atoms with Crippen molar-refractivity contribution in [2.45, 2.75) is 69.6 Å². The van der Waals surface area contributed by atoms with Gasteiger partial charge in [0.1, 0.15) is 6.61 Å². The molecule has 2 aliphatic heterocycles. The van der Waals surface area contributed by atoms with Crippen LogP contribution >= 0.6 is 0 Å². The summed E-state index contributed by atoms with van der Waals surface area (Å²) in [6.07, 6.45) is 5.94. The van der Waals surface area contributed by atoms with Crippen molar-refractivity contribution in [3.8, 4) is 11.1 Å². The van der Waals surface area contributed by atoms with Crippen molar-refractivity contribution in [3.63, 3.8) is 0 Å². The highest BCUT2D eigenvalue weighted by Gasteiger charge is 2.48. The fourth-order valence-corrected chi connectivity index (χ4v) is 5.99. The van der Waals surface area contributed by atoms with Crippen molar-refractivity contribution in [2.75, 3.05) is 6.61 Å². The van der Waals surface area contributed by atoms with Gasteiger partial charge in [0.15, 0.2) is 0 Å².